The van der Waals surface area contributed by atoms with E-state index in [1.165, 1.54) is 12.8 Å². The van der Waals surface area contributed by atoms with Crippen molar-refractivity contribution in [1.82, 2.24) is 4.98 Å². The van der Waals surface area contributed by atoms with Crippen molar-refractivity contribution in [1.29, 1.82) is 0 Å². The number of methoxy groups -OCH3 is 1. The number of rotatable bonds is 3. The number of hydrogen-bond acceptors (Lipinski definition) is 3. The van der Waals surface area contributed by atoms with Crippen LogP contribution in [0.5, 0.6) is 5.75 Å². The van der Waals surface area contributed by atoms with Gasteiger partial charge in [0.05, 0.1) is 13.3 Å². The average molecular weight is 220 g/mol. The van der Waals surface area contributed by atoms with Gasteiger partial charge in [-0.2, -0.15) is 0 Å². The third-order valence-electron chi connectivity index (χ3n) is 3.75. The molecule has 2 atom stereocenters. The SMILES string of the molecule is CCC1CCC(N)(c2cncc(OC)c2)C1. The fourth-order valence-electron chi connectivity index (χ4n) is 2.59. The highest BCUT2D eigenvalue weighted by Gasteiger charge is 2.36. The Kier molecular flexibility index (Phi) is 3.15. The molecule has 1 saturated carbocycles. The predicted octanol–water partition coefficient (Wildman–Crippen LogP) is 2.45. The van der Waals surface area contributed by atoms with E-state index in [1.54, 1.807) is 13.3 Å². The van der Waals surface area contributed by atoms with Crippen molar-refractivity contribution < 1.29 is 4.74 Å². The van der Waals surface area contributed by atoms with Crippen LogP contribution in [0.4, 0.5) is 0 Å². The fourth-order valence-corrected chi connectivity index (χ4v) is 2.59. The van der Waals surface area contributed by atoms with E-state index in [4.69, 9.17) is 10.5 Å². The van der Waals surface area contributed by atoms with Crippen molar-refractivity contribution in [3.05, 3.63) is 24.0 Å². The third-order valence-corrected chi connectivity index (χ3v) is 3.75. The molecule has 0 aliphatic heterocycles. The van der Waals surface area contributed by atoms with Crippen LogP contribution in [-0.4, -0.2) is 12.1 Å². The van der Waals surface area contributed by atoms with Crippen LogP contribution in [0.15, 0.2) is 18.5 Å². The Hall–Kier alpha value is -1.09. The number of aromatic nitrogens is 1. The summed E-state index contributed by atoms with van der Waals surface area (Å²) in [7, 11) is 1.66. The average Bonchev–Trinajstić information content (AvgIpc) is 2.73. The lowest BCUT2D eigenvalue weighted by molar-refractivity contribution is 0.399. The molecule has 1 aliphatic rings. The monoisotopic (exact) mass is 220 g/mol. The van der Waals surface area contributed by atoms with Gasteiger partial charge in [0.2, 0.25) is 0 Å². The molecule has 1 aromatic rings. The Balaban J connectivity index is 2.22. The number of hydrogen-bond donors (Lipinski definition) is 1. The van der Waals surface area contributed by atoms with Gasteiger partial charge in [-0.25, -0.2) is 0 Å². The molecular formula is C13H20N2O. The molecule has 0 spiro atoms. The standard InChI is InChI=1S/C13H20N2O/c1-3-10-4-5-13(14,7-10)11-6-12(16-2)9-15-8-11/h6,8-10H,3-5,7,14H2,1-2H3. The van der Waals surface area contributed by atoms with Crippen molar-refractivity contribution in [2.75, 3.05) is 7.11 Å². The fraction of sp³-hybridized carbons (Fsp3) is 0.615. The molecule has 1 aromatic heterocycles. The molecule has 2 rings (SSSR count). The highest BCUT2D eigenvalue weighted by Crippen LogP contribution is 2.41. The summed E-state index contributed by atoms with van der Waals surface area (Å²) in [5.41, 5.74) is 7.40. The van der Waals surface area contributed by atoms with Gasteiger partial charge in [-0.3, -0.25) is 4.98 Å². The molecule has 1 fully saturated rings. The Morgan fingerprint density at radius 2 is 2.38 bits per heavy atom. The quantitative estimate of drug-likeness (QED) is 0.851. The van der Waals surface area contributed by atoms with Crippen LogP contribution in [0.2, 0.25) is 0 Å². The molecule has 2 N–H and O–H groups in total. The smallest absolute Gasteiger partial charge is 0.137 e. The van der Waals surface area contributed by atoms with Crippen LogP contribution in [0.25, 0.3) is 0 Å². The van der Waals surface area contributed by atoms with Crippen LogP contribution < -0.4 is 10.5 Å². The number of pyridine rings is 1. The maximum atomic E-state index is 6.47. The Morgan fingerprint density at radius 1 is 1.56 bits per heavy atom. The Labute approximate surface area is 97.0 Å². The molecule has 0 radical (unpaired) electrons. The van der Waals surface area contributed by atoms with Gasteiger partial charge in [0, 0.05) is 11.7 Å². The van der Waals surface area contributed by atoms with Crippen molar-refractivity contribution in [3.8, 4) is 5.75 Å². The first kappa shape index (κ1) is 11.4. The summed E-state index contributed by atoms with van der Waals surface area (Å²) in [6.45, 7) is 2.24. The van der Waals surface area contributed by atoms with E-state index < -0.39 is 0 Å². The van der Waals surface area contributed by atoms with Gasteiger partial charge in [0.25, 0.3) is 0 Å². The van der Waals surface area contributed by atoms with E-state index in [0.717, 1.165) is 30.1 Å². The molecule has 0 saturated heterocycles. The van der Waals surface area contributed by atoms with Crippen molar-refractivity contribution in [3.63, 3.8) is 0 Å². The van der Waals surface area contributed by atoms with Crippen molar-refractivity contribution in [2.45, 2.75) is 38.1 Å². The van der Waals surface area contributed by atoms with Crippen LogP contribution in [0.3, 0.4) is 0 Å². The summed E-state index contributed by atoms with van der Waals surface area (Å²) >= 11 is 0. The first-order valence-electron chi connectivity index (χ1n) is 5.96. The van der Waals surface area contributed by atoms with Gasteiger partial charge < -0.3 is 10.5 Å². The lowest BCUT2D eigenvalue weighted by Crippen LogP contribution is -2.33. The zero-order chi connectivity index (χ0) is 11.6. The summed E-state index contributed by atoms with van der Waals surface area (Å²) < 4.78 is 5.19. The van der Waals surface area contributed by atoms with Crippen molar-refractivity contribution in [2.24, 2.45) is 11.7 Å². The second-order valence-electron chi connectivity index (χ2n) is 4.79. The summed E-state index contributed by atoms with van der Waals surface area (Å²) in [5, 5.41) is 0. The summed E-state index contributed by atoms with van der Waals surface area (Å²) in [4.78, 5) is 4.19. The topological polar surface area (TPSA) is 48.1 Å². The maximum Gasteiger partial charge on any atom is 0.137 e. The molecule has 2 unspecified atom stereocenters. The second-order valence-corrected chi connectivity index (χ2v) is 4.79. The van der Waals surface area contributed by atoms with E-state index in [9.17, 15) is 0 Å². The lowest BCUT2D eigenvalue weighted by atomic mass is 9.89. The van der Waals surface area contributed by atoms with E-state index in [0.29, 0.717) is 0 Å². The van der Waals surface area contributed by atoms with Gasteiger partial charge in [-0.1, -0.05) is 13.3 Å². The molecule has 16 heavy (non-hydrogen) atoms. The molecular weight excluding hydrogens is 200 g/mol. The van der Waals surface area contributed by atoms with Crippen molar-refractivity contribution >= 4 is 0 Å². The van der Waals surface area contributed by atoms with E-state index >= 15 is 0 Å². The van der Waals surface area contributed by atoms with Gasteiger partial charge in [-0.15, -0.1) is 0 Å². The molecule has 1 aliphatic carbocycles. The van der Waals surface area contributed by atoms with E-state index in [-0.39, 0.29) is 5.54 Å². The van der Waals surface area contributed by atoms with Gasteiger partial charge in [0.1, 0.15) is 5.75 Å². The third kappa shape index (κ3) is 2.05. The highest BCUT2D eigenvalue weighted by atomic mass is 16.5. The van der Waals surface area contributed by atoms with E-state index in [2.05, 4.69) is 11.9 Å². The summed E-state index contributed by atoms with van der Waals surface area (Å²) in [6, 6.07) is 2.02. The number of ether oxygens (including phenoxy) is 1. The molecule has 88 valence electrons. The normalized spacial score (nSPS) is 29.3. The molecule has 3 nitrogen and oxygen atoms in total. The Bertz CT molecular complexity index is 367. The summed E-state index contributed by atoms with van der Waals surface area (Å²) in [5.74, 6) is 1.55. The van der Waals surface area contributed by atoms with Gasteiger partial charge in [-0.05, 0) is 36.8 Å². The number of nitrogens with zero attached hydrogens (tertiary/aromatic N) is 1. The molecule has 3 heteroatoms. The largest absolute Gasteiger partial charge is 0.495 e. The van der Waals surface area contributed by atoms with E-state index in [1.807, 2.05) is 12.3 Å². The Morgan fingerprint density at radius 3 is 3.00 bits per heavy atom. The second kappa shape index (κ2) is 4.42. The predicted molar refractivity (Wildman–Crippen MR) is 64.3 cm³/mol. The van der Waals surface area contributed by atoms with Gasteiger partial charge in [0.15, 0.2) is 0 Å². The zero-order valence-corrected chi connectivity index (χ0v) is 10.1. The number of nitrogens with two attached hydrogens (primary N) is 1. The molecule has 0 amide bonds. The maximum absolute atomic E-state index is 6.47. The minimum absolute atomic E-state index is 0.192. The molecule has 0 bridgehead atoms. The zero-order valence-electron chi connectivity index (χ0n) is 10.1. The minimum Gasteiger partial charge on any atom is -0.495 e. The molecule has 0 aromatic carbocycles. The van der Waals surface area contributed by atoms with Crippen LogP contribution in [0.1, 0.15) is 38.2 Å². The first-order valence-corrected chi connectivity index (χ1v) is 5.96. The van der Waals surface area contributed by atoms with Crippen LogP contribution in [-0.2, 0) is 5.54 Å². The highest BCUT2D eigenvalue weighted by molar-refractivity contribution is 5.30. The first-order chi connectivity index (χ1) is 7.68. The molecule has 1 heterocycles. The van der Waals surface area contributed by atoms with Crippen LogP contribution in [0, 0.1) is 5.92 Å². The summed E-state index contributed by atoms with van der Waals surface area (Å²) in [6.07, 6.45) is 8.17. The minimum atomic E-state index is -0.192. The van der Waals surface area contributed by atoms with Crippen LogP contribution >= 0.6 is 0 Å². The van der Waals surface area contributed by atoms with Gasteiger partial charge >= 0.3 is 0 Å². The lowest BCUT2D eigenvalue weighted by Gasteiger charge is -2.24.